The number of nitrogens with one attached hydrogen (secondary N) is 3. The monoisotopic (exact) mass is 405 g/mol. The number of benzene rings is 2. The molecule has 29 heavy (non-hydrogen) atoms. The van der Waals surface area contributed by atoms with Gasteiger partial charge in [-0.25, -0.2) is 14.4 Å². The molecule has 0 aliphatic rings. The maximum atomic E-state index is 11.6. The van der Waals surface area contributed by atoms with Crippen LogP contribution in [0.15, 0.2) is 54.6 Å². The highest BCUT2D eigenvalue weighted by molar-refractivity contribution is 6.27. The lowest BCUT2D eigenvalue weighted by atomic mass is 10.1. The van der Waals surface area contributed by atoms with Gasteiger partial charge in [0, 0.05) is 25.3 Å². The van der Waals surface area contributed by atoms with Gasteiger partial charge in [-0.1, -0.05) is 30.3 Å². The largest absolute Gasteiger partial charge is 0.508 e. The molecule has 1 atom stereocenters. The second kappa shape index (κ2) is 12.7. The summed E-state index contributed by atoms with van der Waals surface area (Å²) < 4.78 is 0. The van der Waals surface area contributed by atoms with Crippen LogP contribution >= 0.6 is 0 Å². The predicted molar refractivity (Wildman–Crippen MR) is 105 cm³/mol. The highest BCUT2D eigenvalue weighted by atomic mass is 16.4. The molecule has 0 saturated heterocycles. The number of carboxylic acid groups (broad SMARTS) is 2. The minimum absolute atomic E-state index is 0.126. The second-order valence-electron chi connectivity index (χ2n) is 5.67. The Morgan fingerprint density at radius 1 is 0.897 bits per heavy atom. The highest BCUT2D eigenvalue weighted by Crippen LogP contribution is 2.17. The van der Waals surface area contributed by atoms with E-state index in [1.54, 1.807) is 18.2 Å². The number of carbonyl (C=O) groups is 3. The first kappa shape index (κ1) is 23.4. The predicted octanol–water partition coefficient (Wildman–Crippen LogP) is 0.992. The maximum absolute atomic E-state index is 11.6. The first-order valence-corrected chi connectivity index (χ1v) is 8.53. The lowest BCUT2D eigenvalue weighted by Gasteiger charge is -2.13. The van der Waals surface area contributed by atoms with Gasteiger partial charge in [0.25, 0.3) is 0 Å². The molecular weight excluding hydrogens is 382 g/mol. The van der Waals surface area contributed by atoms with E-state index in [1.807, 2.05) is 30.3 Å². The summed E-state index contributed by atoms with van der Waals surface area (Å²) in [6, 6.07) is 15.4. The Morgan fingerprint density at radius 3 is 2.14 bits per heavy atom. The van der Waals surface area contributed by atoms with E-state index < -0.39 is 18.0 Å². The highest BCUT2D eigenvalue weighted by Gasteiger charge is 2.07. The number of aliphatic carboxylic acids is 2. The Bertz CT molecular complexity index is 787. The molecule has 0 radical (unpaired) electrons. The van der Waals surface area contributed by atoms with Crippen LogP contribution in [0, 0.1) is 0 Å². The standard InChI is InChI=1S/C17H21N3O3.C2H2O4/c21-15-8-4-5-13(11-15)16(22)12-18-9-10-19-17(23)20-14-6-2-1-3-7-14;3-1(4)2(5)6/h1-8,11,16,18,21-22H,9-10,12H2,(H2,19,20,23);(H,3,4)(H,5,6). The van der Waals surface area contributed by atoms with E-state index in [0.29, 0.717) is 25.2 Å². The molecule has 0 spiro atoms. The second-order valence-corrected chi connectivity index (χ2v) is 5.67. The fraction of sp³-hybridized carbons (Fsp3) is 0.211. The lowest BCUT2D eigenvalue weighted by molar-refractivity contribution is -0.159. The molecule has 2 amide bonds. The van der Waals surface area contributed by atoms with Gasteiger partial charge in [0.1, 0.15) is 5.75 Å². The molecular formula is C19H23N3O7. The van der Waals surface area contributed by atoms with Crippen LogP contribution in [0.4, 0.5) is 10.5 Å². The number of para-hydroxylation sites is 1. The van der Waals surface area contributed by atoms with E-state index >= 15 is 0 Å². The molecule has 7 N–H and O–H groups in total. The van der Waals surface area contributed by atoms with Gasteiger partial charge in [-0.2, -0.15) is 0 Å². The molecule has 0 fully saturated rings. The Balaban J connectivity index is 0.000000612. The third kappa shape index (κ3) is 10.3. The summed E-state index contributed by atoms with van der Waals surface area (Å²) in [5.74, 6) is -3.52. The van der Waals surface area contributed by atoms with Crippen molar-refractivity contribution in [3.05, 3.63) is 60.2 Å². The quantitative estimate of drug-likeness (QED) is 0.264. The van der Waals surface area contributed by atoms with Crippen LogP contribution in [0.2, 0.25) is 0 Å². The molecule has 156 valence electrons. The number of carbonyl (C=O) groups excluding carboxylic acids is 1. The van der Waals surface area contributed by atoms with Gasteiger partial charge in [-0.3, -0.25) is 0 Å². The molecule has 0 bridgehead atoms. The summed E-state index contributed by atoms with van der Waals surface area (Å²) in [5, 5.41) is 42.6. The number of hydrogen-bond donors (Lipinski definition) is 7. The Kier molecular flexibility index (Phi) is 10.3. The Labute approximate surface area is 166 Å². The zero-order valence-electron chi connectivity index (χ0n) is 15.4. The molecule has 2 aromatic rings. The lowest BCUT2D eigenvalue weighted by Crippen LogP contribution is -2.35. The average molecular weight is 405 g/mol. The van der Waals surface area contributed by atoms with Crippen LogP contribution < -0.4 is 16.0 Å². The van der Waals surface area contributed by atoms with E-state index in [4.69, 9.17) is 19.8 Å². The van der Waals surface area contributed by atoms with Crippen molar-refractivity contribution in [3.8, 4) is 5.75 Å². The van der Waals surface area contributed by atoms with Crippen molar-refractivity contribution in [2.45, 2.75) is 6.10 Å². The number of phenols is 1. The summed E-state index contributed by atoms with van der Waals surface area (Å²) in [5.41, 5.74) is 1.38. The Hall–Kier alpha value is -3.63. The van der Waals surface area contributed by atoms with E-state index in [-0.39, 0.29) is 11.8 Å². The maximum Gasteiger partial charge on any atom is 0.414 e. The summed E-state index contributed by atoms with van der Waals surface area (Å²) in [6.07, 6.45) is -0.708. The number of aliphatic hydroxyl groups excluding tert-OH is 1. The summed E-state index contributed by atoms with van der Waals surface area (Å²) in [4.78, 5) is 29.8. The van der Waals surface area contributed by atoms with Gasteiger partial charge < -0.3 is 36.4 Å². The molecule has 10 heteroatoms. The molecule has 0 heterocycles. The van der Waals surface area contributed by atoms with E-state index in [0.717, 1.165) is 5.69 Å². The number of carboxylic acids is 2. The van der Waals surface area contributed by atoms with Crippen LogP contribution in [0.1, 0.15) is 11.7 Å². The van der Waals surface area contributed by atoms with E-state index in [2.05, 4.69) is 16.0 Å². The molecule has 1 unspecified atom stereocenters. The molecule has 10 nitrogen and oxygen atoms in total. The Morgan fingerprint density at radius 2 is 1.55 bits per heavy atom. The smallest absolute Gasteiger partial charge is 0.414 e. The van der Waals surface area contributed by atoms with Gasteiger partial charge in [0.05, 0.1) is 6.10 Å². The minimum Gasteiger partial charge on any atom is -0.508 e. The number of rotatable bonds is 7. The van der Waals surface area contributed by atoms with Gasteiger partial charge in [-0.15, -0.1) is 0 Å². The summed E-state index contributed by atoms with van der Waals surface area (Å²) in [6.45, 7) is 1.30. The van der Waals surface area contributed by atoms with Gasteiger partial charge >= 0.3 is 18.0 Å². The number of aliphatic hydroxyl groups is 1. The first-order valence-electron chi connectivity index (χ1n) is 8.53. The molecule has 0 aliphatic carbocycles. The summed E-state index contributed by atoms with van der Waals surface area (Å²) in [7, 11) is 0. The van der Waals surface area contributed by atoms with Crippen LogP contribution in [0.5, 0.6) is 5.75 Å². The first-order chi connectivity index (χ1) is 13.8. The normalized spacial score (nSPS) is 10.8. The van der Waals surface area contributed by atoms with Crippen molar-refractivity contribution < 1.29 is 34.8 Å². The molecule has 2 aromatic carbocycles. The number of hydrogen-bond acceptors (Lipinski definition) is 6. The number of amides is 2. The van der Waals surface area contributed by atoms with Crippen LogP contribution in [-0.2, 0) is 9.59 Å². The van der Waals surface area contributed by atoms with Crippen LogP contribution in [-0.4, -0.2) is 58.0 Å². The number of aromatic hydroxyl groups is 1. The van der Waals surface area contributed by atoms with Crippen LogP contribution in [0.3, 0.4) is 0 Å². The van der Waals surface area contributed by atoms with Gasteiger partial charge in [0.2, 0.25) is 0 Å². The van der Waals surface area contributed by atoms with Crippen molar-refractivity contribution >= 4 is 23.7 Å². The zero-order valence-corrected chi connectivity index (χ0v) is 15.4. The fourth-order valence-electron chi connectivity index (χ4n) is 2.05. The molecule has 2 rings (SSSR count). The number of phenolic OH excluding ortho intramolecular Hbond substituents is 1. The summed E-state index contributed by atoms with van der Waals surface area (Å²) >= 11 is 0. The third-order valence-corrected chi connectivity index (χ3v) is 3.39. The van der Waals surface area contributed by atoms with Gasteiger partial charge in [-0.05, 0) is 29.8 Å². The fourth-order valence-corrected chi connectivity index (χ4v) is 2.05. The third-order valence-electron chi connectivity index (χ3n) is 3.39. The topological polar surface area (TPSA) is 168 Å². The van der Waals surface area contributed by atoms with Crippen molar-refractivity contribution in [1.29, 1.82) is 0 Å². The van der Waals surface area contributed by atoms with Crippen molar-refractivity contribution in [2.75, 3.05) is 25.0 Å². The average Bonchev–Trinajstić information content (AvgIpc) is 2.68. The minimum atomic E-state index is -1.82. The van der Waals surface area contributed by atoms with Crippen molar-refractivity contribution in [3.63, 3.8) is 0 Å². The SMILES string of the molecule is O=C(NCCNCC(O)c1cccc(O)c1)Nc1ccccc1.O=C(O)C(=O)O. The number of urea groups is 1. The zero-order chi connectivity index (χ0) is 21.6. The molecule has 0 aliphatic heterocycles. The number of anilines is 1. The van der Waals surface area contributed by atoms with Crippen molar-refractivity contribution in [2.24, 2.45) is 0 Å². The van der Waals surface area contributed by atoms with Gasteiger partial charge in [0.15, 0.2) is 0 Å². The van der Waals surface area contributed by atoms with Crippen molar-refractivity contribution in [1.82, 2.24) is 10.6 Å². The van der Waals surface area contributed by atoms with E-state index in [1.165, 1.54) is 6.07 Å². The van der Waals surface area contributed by atoms with Crippen LogP contribution in [0.25, 0.3) is 0 Å². The van der Waals surface area contributed by atoms with E-state index in [9.17, 15) is 15.0 Å². The molecule has 0 aromatic heterocycles. The molecule has 0 saturated carbocycles.